The Hall–Kier alpha value is -1.16. The summed E-state index contributed by atoms with van der Waals surface area (Å²) in [6, 6.07) is 0. The SMILES string of the molecule is C=C(C(=O)O)[C@@H]1CCC2(CO)CC[C@]3(C)C(CC[C@H]4C3(C)CC[C@H]3C(C)(C)C(=O)CC[C@@]34C)[C@@H]12. The molecule has 2 N–H and O–H groups in total. The summed E-state index contributed by atoms with van der Waals surface area (Å²) < 4.78 is 0. The first-order valence-corrected chi connectivity index (χ1v) is 13.8. The van der Waals surface area contributed by atoms with Crippen molar-refractivity contribution in [1.82, 2.24) is 0 Å². The molecule has 5 aliphatic rings. The highest BCUT2D eigenvalue weighted by atomic mass is 16.4. The molecule has 0 aliphatic heterocycles. The molecule has 5 aliphatic carbocycles. The first-order chi connectivity index (χ1) is 15.8. The molecule has 190 valence electrons. The van der Waals surface area contributed by atoms with Crippen LogP contribution in [0.1, 0.15) is 98.8 Å². The third kappa shape index (κ3) is 2.81. The van der Waals surface area contributed by atoms with E-state index in [-0.39, 0.29) is 45.5 Å². The molecule has 0 amide bonds. The number of carbonyl (C=O) groups excluding carboxylic acids is 1. The van der Waals surface area contributed by atoms with Crippen molar-refractivity contribution in [3.05, 3.63) is 12.2 Å². The van der Waals surface area contributed by atoms with Gasteiger partial charge in [-0.1, -0.05) is 41.2 Å². The third-order valence-corrected chi connectivity index (χ3v) is 13.4. The predicted octanol–water partition coefficient (Wildman–Crippen LogP) is 6.27. The van der Waals surface area contributed by atoms with Gasteiger partial charge in [-0.05, 0) is 109 Å². The van der Waals surface area contributed by atoms with Crippen LogP contribution in [0.2, 0.25) is 0 Å². The number of aliphatic hydroxyl groups is 1. The van der Waals surface area contributed by atoms with E-state index < -0.39 is 5.97 Å². The molecule has 0 aromatic heterocycles. The Morgan fingerprint density at radius 2 is 1.62 bits per heavy atom. The molecular weight excluding hydrogens is 424 g/mol. The van der Waals surface area contributed by atoms with E-state index in [4.69, 9.17) is 0 Å². The summed E-state index contributed by atoms with van der Waals surface area (Å²) in [4.78, 5) is 24.9. The molecule has 0 radical (unpaired) electrons. The number of carboxylic acid groups (broad SMARTS) is 1. The van der Waals surface area contributed by atoms with Crippen LogP contribution in [-0.2, 0) is 9.59 Å². The first kappa shape index (κ1) is 24.5. The van der Waals surface area contributed by atoms with Crippen molar-refractivity contribution in [3.8, 4) is 0 Å². The molecule has 5 rings (SSSR count). The van der Waals surface area contributed by atoms with Crippen LogP contribution in [0.4, 0.5) is 0 Å². The van der Waals surface area contributed by atoms with Crippen molar-refractivity contribution in [2.75, 3.05) is 6.61 Å². The van der Waals surface area contributed by atoms with E-state index in [1.54, 1.807) is 0 Å². The number of hydrogen-bond donors (Lipinski definition) is 2. The normalized spacial score (nSPS) is 51.6. The molecule has 0 spiro atoms. The van der Waals surface area contributed by atoms with E-state index in [1.807, 2.05) is 0 Å². The van der Waals surface area contributed by atoms with Gasteiger partial charge in [-0.25, -0.2) is 4.79 Å². The van der Waals surface area contributed by atoms with Gasteiger partial charge in [0.05, 0.1) is 0 Å². The topological polar surface area (TPSA) is 74.6 Å². The van der Waals surface area contributed by atoms with Crippen LogP contribution in [0.3, 0.4) is 0 Å². The van der Waals surface area contributed by atoms with Gasteiger partial charge in [0.25, 0.3) is 0 Å². The van der Waals surface area contributed by atoms with Crippen LogP contribution >= 0.6 is 0 Å². The molecule has 4 nitrogen and oxygen atoms in total. The van der Waals surface area contributed by atoms with Gasteiger partial charge in [-0.15, -0.1) is 0 Å². The van der Waals surface area contributed by atoms with E-state index in [9.17, 15) is 19.8 Å². The maximum Gasteiger partial charge on any atom is 0.331 e. The van der Waals surface area contributed by atoms with Crippen LogP contribution in [0.15, 0.2) is 12.2 Å². The van der Waals surface area contributed by atoms with Gasteiger partial charge in [0.2, 0.25) is 0 Å². The minimum Gasteiger partial charge on any atom is -0.478 e. The monoisotopic (exact) mass is 470 g/mol. The molecule has 0 heterocycles. The van der Waals surface area contributed by atoms with E-state index >= 15 is 0 Å². The highest BCUT2D eigenvalue weighted by molar-refractivity contribution is 5.86. The Bertz CT molecular complexity index is 921. The number of carbonyl (C=O) groups is 2. The molecule has 0 aromatic carbocycles. The summed E-state index contributed by atoms with van der Waals surface area (Å²) in [6.07, 6.45) is 10.2. The average Bonchev–Trinajstić information content (AvgIpc) is 3.16. The first-order valence-electron chi connectivity index (χ1n) is 13.8. The van der Waals surface area contributed by atoms with Gasteiger partial charge in [0.15, 0.2) is 0 Å². The van der Waals surface area contributed by atoms with Crippen molar-refractivity contribution in [3.63, 3.8) is 0 Å². The average molecular weight is 471 g/mol. The smallest absolute Gasteiger partial charge is 0.331 e. The quantitative estimate of drug-likeness (QED) is 0.477. The van der Waals surface area contributed by atoms with Crippen LogP contribution < -0.4 is 0 Å². The standard InChI is InChI=1S/C30H46O4/c1-18(25(33)34)19-9-14-30(17-31)16-15-28(5)20(24(19)30)7-8-22-27(4)12-11-23(32)26(2,3)21(27)10-13-29(22,28)6/h19-22,24,31H,1,7-17H2,2-6H3,(H,33,34)/t19-,20?,21-,22+,24+,27-,28+,29?,30?/m0/s1. The number of aliphatic hydroxyl groups excluding tert-OH is 1. The van der Waals surface area contributed by atoms with Gasteiger partial charge >= 0.3 is 5.97 Å². The lowest BCUT2D eigenvalue weighted by Crippen LogP contribution is -2.66. The zero-order valence-corrected chi connectivity index (χ0v) is 22.1. The Balaban J connectivity index is 1.55. The molecule has 0 saturated heterocycles. The maximum absolute atomic E-state index is 12.9. The number of hydrogen-bond acceptors (Lipinski definition) is 3. The predicted molar refractivity (Wildman–Crippen MR) is 133 cm³/mol. The Morgan fingerprint density at radius 1 is 0.912 bits per heavy atom. The number of fused-ring (bicyclic) bond motifs is 7. The van der Waals surface area contributed by atoms with E-state index in [2.05, 4.69) is 41.2 Å². The molecule has 0 aromatic rings. The van der Waals surface area contributed by atoms with Gasteiger partial charge in [-0.2, -0.15) is 0 Å². The Kier molecular flexibility index (Phi) is 5.36. The fourth-order valence-corrected chi connectivity index (χ4v) is 11.4. The fraction of sp³-hybridized carbons (Fsp3) is 0.867. The summed E-state index contributed by atoms with van der Waals surface area (Å²) in [5, 5.41) is 20.5. The highest BCUT2D eigenvalue weighted by Gasteiger charge is 2.71. The minimum absolute atomic E-state index is 0.0208. The zero-order valence-electron chi connectivity index (χ0n) is 22.1. The number of aliphatic carboxylic acids is 1. The second kappa shape index (κ2) is 7.43. The molecule has 5 fully saturated rings. The lowest BCUT2D eigenvalue weighted by atomic mass is 9.32. The van der Waals surface area contributed by atoms with Crippen molar-refractivity contribution in [2.45, 2.75) is 98.8 Å². The van der Waals surface area contributed by atoms with Crippen LogP contribution in [-0.4, -0.2) is 28.6 Å². The number of Topliss-reactive ketones (excluding diaryl/α,β-unsaturated/α-hetero) is 1. The summed E-state index contributed by atoms with van der Waals surface area (Å²) in [5.74, 6) is 1.25. The zero-order chi connectivity index (χ0) is 24.9. The second-order valence-corrected chi connectivity index (χ2v) is 14.3. The third-order valence-electron chi connectivity index (χ3n) is 13.4. The Labute approximate surface area is 206 Å². The number of ketones is 1. The van der Waals surface area contributed by atoms with E-state index in [0.29, 0.717) is 35.5 Å². The van der Waals surface area contributed by atoms with Crippen LogP contribution in [0.5, 0.6) is 0 Å². The molecule has 9 atom stereocenters. The number of carboxylic acids is 1. The van der Waals surface area contributed by atoms with Crippen molar-refractivity contribution in [2.24, 2.45) is 56.7 Å². The van der Waals surface area contributed by atoms with E-state index in [0.717, 1.165) is 57.8 Å². The van der Waals surface area contributed by atoms with Gasteiger partial charge in [0.1, 0.15) is 5.78 Å². The summed E-state index contributed by atoms with van der Waals surface area (Å²) in [6.45, 7) is 16.2. The Morgan fingerprint density at radius 3 is 2.26 bits per heavy atom. The summed E-state index contributed by atoms with van der Waals surface area (Å²) in [5.41, 5.74) is 0.470. The van der Waals surface area contributed by atoms with Gasteiger partial charge in [-0.3, -0.25) is 4.79 Å². The summed E-state index contributed by atoms with van der Waals surface area (Å²) in [7, 11) is 0. The lowest BCUT2D eigenvalue weighted by Gasteiger charge is -2.72. The van der Waals surface area contributed by atoms with Gasteiger partial charge in [0, 0.05) is 24.0 Å². The van der Waals surface area contributed by atoms with Crippen molar-refractivity contribution >= 4 is 11.8 Å². The molecular formula is C30H46O4. The highest BCUT2D eigenvalue weighted by Crippen LogP contribution is 2.77. The van der Waals surface area contributed by atoms with E-state index in [1.165, 1.54) is 0 Å². The summed E-state index contributed by atoms with van der Waals surface area (Å²) >= 11 is 0. The number of rotatable bonds is 3. The largest absolute Gasteiger partial charge is 0.478 e. The van der Waals surface area contributed by atoms with Crippen molar-refractivity contribution < 1.29 is 19.8 Å². The lowest BCUT2D eigenvalue weighted by molar-refractivity contribution is -0.236. The molecule has 3 unspecified atom stereocenters. The molecule has 0 bridgehead atoms. The fourth-order valence-electron chi connectivity index (χ4n) is 11.4. The maximum atomic E-state index is 12.9. The second-order valence-electron chi connectivity index (χ2n) is 14.3. The van der Waals surface area contributed by atoms with Crippen LogP contribution in [0, 0.1) is 56.7 Å². The molecule has 34 heavy (non-hydrogen) atoms. The minimum atomic E-state index is -0.868. The van der Waals surface area contributed by atoms with Gasteiger partial charge < -0.3 is 10.2 Å². The van der Waals surface area contributed by atoms with Crippen molar-refractivity contribution in [1.29, 1.82) is 0 Å². The molecule has 4 heteroatoms. The van der Waals surface area contributed by atoms with Crippen LogP contribution in [0.25, 0.3) is 0 Å². The molecule has 5 saturated carbocycles.